The molecule has 1 aliphatic heterocycles. The Hall–Kier alpha value is -3.39. The van der Waals surface area contributed by atoms with Crippen LogP contribution in [0.5, 0.6) is 11.5 Å². The summed E-state index contributed by atoms with van der Waals surface area (Å²) in [5, 5.41) is 3.00. The summed E-state index contributed by atoms with van der Waals surface area (Å²) in [5.74, 6) is 7.65. The van der Waals surface area contributed by atoms with Crippen LogP contribution in [0.3, 0.4) is 0 Å². The van der Waals surface area contributed by atoms with E-state index in [1.165, 1.54) is 0 Å². The van der Waals surface area contributed by atoms with E-state index in [4.69, 9.17) is 14.2 Å². The maximum Gasteiger partial charge on any atom is 0.408 e. The van der Waals surface area contributed by atoms with Crippen LogP contribution in [0.2, 0.25) is 0 Å². The summed E-state index contributed by atoms with van der Waals surface area (Å²) in [4.78, 5) is 12.5. The Labute approximate surface area is 170 Å². The minimum absolute atomic E-state index is 0.198. The Morgan fingerprint density at radius 2 is 1.86 bits per heavy atom. The van der Waals surface area contributed by atoms with E-state index < -0.39 is 11.7 Å². The molecule has 1 heterocycles. The third kappa shape index (κ3) is 4.38. The molecule has 0 saturated heterocycles. The maximum absolute atomic E-state index is 12.5. The lowest BCUT2D eigenvalue weighted by Gasteiger charge is -2.29. The number of ether oxygens (including phenoxy) is 3. The summed E-state index contributed by atoms with van der Waals surface area (Å²) in [7, 11) is 0. The molecule has 2 aromatic carbocycles. The van der Waals surface area contributed by atoms with Crippen LogP contribution in [0.4, 0.5) is 4.79 Å². The predicted octanol–water partition coefficient (Wildman–Crippen LogP) is 4.68. The van der Waals surface area contributed by atoms with Gasteiger partial charge in [-0.15, -0.1) is 0 Å². The van der Waals surface area contributed by atoms with E-state index in [-0.39, 0.29) is 18.8 Å². The standard InChI is InChI=1S/C24H23NO4/c1-24(2,3)29-23(26)25-22-17(10-9-16-7-5-4-6-8-16)11-12-18-13-20-21(14-19(18)22)28-15-27-20/h4-8,11-14,17,22H,15H2,1-3H3,(H,25,26)/t17-,22-/m1/s1. The van der Waals surface area contributed by atoms with Gasteiger partial charge in [-0.3, -0.25) is 0 Å². The van der Waals surface area contributed by atoms with Gasteiger partial charge in [0.05, 0.1) is 12.0 Å². The molecule has 2 aliphatic rings. The van der Waals surface area contributed by atoms with E-state index in [1.54, 1.807) is 0 Å². The second-order valence-electron chi connectivity index (χ2n) is 7.98. The molecule has 0 bridgehead atoms. The Morgan fingerprint density at radius 1 is 1.14 bits per heavy atom. The highest BCUT2D eigenvalue weighted by Gasteiger charge is 2.31. The zero-order chi connectivity index (χ0) is 20.4. The van der Waals surface area contributed by atoms with Crippen LogP contribution >= 0.6 is 0 Å². The van der Waals surface area contributed by atoms with Gasteiger partial charge < -0.3 is 19.5 Å². The number of carbonyl (C=O) groups is 1. The van der Waals surface area contributed by atoms with Crippen molar-refractivity contribution in [2.24, 2.45) is 5.92 Å². The number of hydrogen-bond donors (Lipinski definition) is 1. The molecule has 0 aromatic heterocycles. The Kier molecular flexibility index (Phi) is 4.94. The quantitative estimate of drug-likeness (QED) is 0.720. The lowest BCUT2D eigenvalue weighted by Crippen LogP contribution is -2.38. The zero-order valence-corrected chi connectivity index (χ0v) is 16.7. The molecule has 0 radical (unpaired) electrons. The summed E-state index contributed by atoms with van der Waals surface area (Å²) in [5.41, 5.74) is 2.23. The lowest BCUT2D eigenvalue weighted by atomic mass is 9.84. The average molecular weight is 389 g/mol. The van der Waals surface area contributed by atoms with E-state index in [0.717, 1.165) is 16.7 Å². The second kappa shape index (κ2) is 7.56. The van der Waals surface area contributed by atoms with Gasteiger partial charge in [-0.25, -0.2) is 4.79 Å². The van der Waals surface area contributed by atoms with Crippen LogP contribution in [0, 0.1) is 17.8 Å². The van der Waals surface area contributed by atoms with Gasteiger partial charge in [0.1, 0.15) is 5.60 Å². The van der Waals surface area contributed by atoms with Crippen LogP contribution in [-0.4, -0.2) is 18.5 Å². The van der Waals surface area contributed by atoms with Crippen molar-refractivity contribution < 1.29 is 19.0 Å². The van der Waals surface area contributed by atoms with Gasteiger partial charge >= 0.3 is 6.09 Å². The highest BCUT2D eigenvalue weighted by Crippen LogP contribution is 2.41. The van der Waals surface area contributed by atoms with Gasteiger partial charge in [-0.2, -0.15) is 0 Å². The summed E-state index contributed by atoms with van der Waals surface area (Å²) in [6.07, 6.45) is 3.53. The van der Waals surface area contributed by atoms with Crippen LogP contribution in [0.25, 0.3) is 6.08 Å². The fraction of sp³-hybridized carbons (Fsp3) is 0.292. The fourth-order valence-corrected chi connectivity index (χ4v) is 3.32. The Morgan fingerprint density at radius 3 is 2.59 bits per heavy atom. The predicted molar refractivity (Wildman–Crippen MR) is 111 cm³/mol. The largest absolute Gasteiger partial charge is 0.454 e. The number of alkyl carbamates (subject to hydrolysis) is 1. The van der Waals surface area contributed by atoms with E-state index in [0.29, 0.717) is 11.5 Å². The molecule has 0 fully saturated rings. The van der Waals surface area contributed by atoms with Crippen molar-refractivity contribution in [3.63, 3.8) is 0 Å². The van der Waals surface area contributed by atoms with Crippen molar-refractivity contribution in [3.8, 4) is 23.3 Å². The molecular weight excluding hydrogens is 366 g/mol. The maximum atomic E-state index is 12.5. The molecule has 1 aliphatic carbocycles. The molecule has 2 atom stereocenters. The minimum Gasteiger partial charge on any atom is -0.454 e. The third-order valence-electron chi connectivity index (χ3n) is 4.58. The van der Waals surface area contributed by atoms with Crippen LogP contribution < -0.4 is 14.8 Å². The number of benzene rings is 2. The molecule has 29 heavy (non-hydrogen) atoms. The van der Waals surface area contributed by atoms with Gasteiger partial charge in [-0.1, -0.05) is 42.2 Å². The van der Waals surface area contributed by atoms with Crippen LogP contribution in [0.15, 0.2) is 48.5 Å². The summed E-state index contributed by atoms with van der Waals surface area (Å²) in [6, 6.07) is 13.3. The lowest BCUT2D eigenvalue weighted by molar-refractivity contribution is 0.0497. The number of fused-ring (bicyclic) bond motifs is 2. The first kappa shape index (κ1) is 18.9. The fourth-order valence-electron chi connectivity index (χ4n) is 3.32. The summed E-state index contributed by atoms with van der Waals surface area (Å²) < 4.78 is 16.5. The first-order valence-electron chi connectivity index (χ1n) is 9.57. The highest BCUT2D eigenvalue weighted by molar-refractivity contribution is 5.71. The van der Waals surface area contributed by atoms with Crippen LogP contribution in [-0.2, 0) is 4.74 Å². The normalized spacial score (nSPS) is 19.0. The first-order valence-corrected chi connectivity index (χ1v) is 9.57. The number of carbonyl (C=O) groups excluding carboxylic acids is 1. The Balaban J connectivity index is 1.67. The molecule has 2 aromatic rings. The van der Waals surface area contributed by atoms with Crippen molar-refractivity contribution in [3.05, 3.63) is 65.2 Å². The highest BCUT2D eigenvalue weighted by atomic mass is 16.7. The van der Waals surface area contributed by atoms with Crippen molar-refractivity contribution in [2.75, 3.05) is 6.79 Å². The molecule has 1 amide bonds. The van der Waals surface area contributed by atoms with Crippen molar-refractivity contribution >= 4 is 12.2 Å². The van der Waals surface area contributed by atoms with Gasteiger partial charge in [0, 0.05) is 5.56 Å². The number of nitrogens with one attached hydrogen (secondary N) is 1. The number of rotatable bonds is 1. The van der Waals surface area contributed by atoms with E-state index in [9.17, 15) is 4.79 Å². The Bertz CT molecular complexity index is 1010. The SMILES string of the molecule is CC(C)(C)OC(=O)N[C@H]1c2cc3c(cc2C=C[C@H]1C#Cc1ccccc1)OCO3. The van der Waals surface area contributed by atoms with Crippen molar-refractivity contribution in [1.29, 1.82) is 0 Å². The van der Waals surface area contributed by atoms with E-state index >= 15 is 0 Å². The van der Waals surface area contributed by atoms with E-state index in [1.807, 2.05) is 75.4 Å². The van der Waals surface area contributed by atoms with E-state index in [2.05, 4.69) is 17.2 Å². The molecule has 4 rings (SSSR count). The molecular formula is C24H23NO4. The first-order chi connectivity index (χ1) is 13.9. The summed E-state index contributed by atoms with van der Waals surface area (Å²) in [6.45, 7) is 5.72. The molecule has 148 valence electrons. The molecule has 0 spiro atoms. The number of amides is 1. The molecule has 5 heteroatoms. The molecule has 0 unspecified atom stereocenters. The molecule has 5 nitrogen and oxygen atoms in total. The smallest absolute Gasteiger partial charge is 0.408 e. The molecule has 0 saturated carbocycles. The van der Waals surface area contributed by atoms with Gasteiger partial charge in [0.15, 0.2) is 11.5 Å². The number of hydrogen-bond acceptors (Lipinski definition) is 4. The van der Waals surface area contributed by atoms with Gasteiger partial charge in [-0.05, 0) is 56.2 Å². The molecule has 1 N–H and O–H groups in total. The second-order valence-corrected chi connectivity index (χ2v) is 7.98. The third-order valence-corrected chi connectivity index (χ3v) is 4.58. The van der Waals surface area contributed by atoms with Crippen LogP contribution in [0.1, 0.15) is 43.5 Å². The minimum atomic E-state index is -0.586. The van der Waals surface area contributed by atoms with Gasteiger partial charge in [0.2, 0.25) is 6.79 Å². The topological polar surface area (TPSA) is 56.8 Å². The van der Waals surface area contributed by atoms with Crippen molar-refractivity contribution in [2.45, 2.75) is 32.4 Å². The van der Waals surface area contributed by atoms with Crippen molar-refractivity contribution in [1.82, 2.24) is 5.32 Å². The summed E-state index contributed by atoms with van der Waals surface area (Å²) >= 11 is 0. The zero-order valence-electron chi connectivity index (χ0n) is 16.7. The average Bonchev–Trinajstić information content (AvgIpc) is 3.12. The van der Waals surface area contributed by atoms with Gasteiger partial charge in [0.25, 0.3) is 0 Å². The monoisotopic (exact) mass is 389 g/mol.